The molecule has 4 rings (SSSR count). The monoisotopic (exact) mass is 301 g/mol. The first-order valence-electron chi connectivity index (χ1n) is 6.28. The van der Waals surface area contributed by atoms with Crippen LogP contribution in [0.5, 0.6) is 0 Å². The van der Waals surface area contributed by atoms with Gasteiger partial charge in [-0.05, 0) is 13.8 Å². The molecule has 0 saturated carbocycles. The summed E-state index contributed by atoms with van der Waals surface area (Å²) in [5, 5.41) is 21.9. The summed E-state index contributed by atoms with van der Waals surface area (Å²) >= 11 is 1.42. The van der Waals surface area contributed by atoms with Crippen molar-refractivity contribution in [2.24, 2.45) is 7.05 Å². The van der Waals surface area contributed by atoms with Gasteiger partial charge in [-0.1, -0.05) is 16.5 Å². The van der Waals surface area contributed by atoms with Gasteiger partial charge in [-0.3, -0.25) is 4.68 Å². The summed E-state index contributed by atoms with van der Waals surface area (Å²) in [6, 6.07) is 1.85. The third-order valence-corrected chi connectivity index (χ3v) is 4.24. The molecule has 0 spiro atoms. The highest BCUT2D eigenvalue weighted by Crippen LogP contribution is 2.28. The summed E-state index contributed by atoms with van der Waals surface area (Å²) in [6.07, 6.45) is 1.77. The molecule has 106 valence electrons. The summed E-state index contributed by atoms with van der Waals surface area (Å²) in [6.45, 7) is 3.83. The quantitative estimate of drug-likeness (QED) is 0.561. The largest absolute Gasteiger partial charge is 0.361 e. The minimum Gasteiger partial charge on any atom is -0.361 e. The van der Waals surface area contributed by atoms with Crippen LogP contribution in [-0.4, -0.2) is 34.7 Å². The fourth-order valence-electron chi connectivity index (χ4n) is 2.07. The van der Waals surface area contributed by atoms with Crippen molar-refractivity contribution in [3.63, 3.8) is 0 Å². The summed E-state index contributed by atoms with van der Waals surface area (Å²) in [5.74, 6) is 1.43. The van der Waals surface area contributed by atoms with Crippen molar-refractivity contribution < 1.29 is 4.52 Å². The first kappa shape index (κ1) is 12.2. The fraction of sp³-hybridized carbons (Fsp3) is 0.250. The average Bonchev–Trinajstić information content (AvgIpc) is 3.17. The number of nitrogens with zero attached hydrogens (tertiary/aromatic N) is 7. The Labute approximate surface area is 123 Å². The zero-order chi connectivity index (χ0) is 14.6. The van der Waals surface area contributed by atoms with Crippen molar-refractivity contribution >= 4 is 16.3 Å². The molecular formula is C12H11N7OS. The van der Waals surface area contributed by atoms with E-state index in [4.69, 9.17) is 4.52 Å². The molecule has 0 aliphatic heterocycles. The summed E-state index contributed by atoms with van der Waals surface area (Å²) in [5.41, 5.74) is 2.63. The highest BCUT2D eigenvalue weighted by atomic mass is 32.1. The van der Waals surface area contributed by atoms with Gasteiger partial charge in [0.25, 0.3) is 0 Å². The lowest BCUT2D eigenvalue weighted by Gasteiger charge is -1.96. The van der Waals surface area contributed by atoms with E-state index in [-0.39, 0.29) is 0 Å². The minimum absolute atomic E-state index is 0.679. The zero-order valence-electron chi connectivity index (χ0n) is 11.6. The van der Waals surface area contributed by atoms with E-state index in [1.165, 1.54) is 11.3 Å². The summed E-state index contributed by atoms with van der Waals surface area (Å²) < 4.78 is 8.60. The number of rotatable bonds is 2. The molecule has 0 aliphatic carbocycles. The molecule has 4 aromatic rings. The van der Waals surface area contributed by atoms with Crippen LogP contribution in [0.25, 0.3) is 27.1 Å². The number of hydrogen-bond donors (Lipinski definition) is 0. The van der Waals surface area contributed by atoms with Crippen LogP contribution in [0.1, 0.15) is 11.5 Å². The molecule has 0 aromatic carbocycles. The molecule has 4 aromatic heterocycles. The van der Waals surface area contributed by atoms with Gasteiger partial charge in [0.2, 0.25) is 4.96 Å². The highest BCUT2D eigenvalue weighted by molar-refractivity contribution is 7.19. The van der Waals surface area contributed by atoms with Crippen LogP contribution >= 0.6 is 11.3 Å². The van der Waals surface area contributed by atoms with Crippen molar-refractivity contribution in [1.29, 1.82) is 0 Å². The average molecular weight is 301 g/mol. The maximum absolute atomic E-state index is 5.09. The first-order valence-corrected chi connectivity index (χ1v) is 7.10. The second kappa shape index (κ2) is 4.22. The van der Waals surface area contributed by atoms with Gasteiger partial charge < -0.3 is 4.52 Å². The van der Waals surface area contributed by atoms with Gasteiger partial charge in [0, 0.05) is 18.8 Å². The van der Waals surface area contributed by atoms with E-state index in [0.717, 1.165) is 22.0 Å². The number of fused-ring (bicyclic) bond motifs is 1. The topological polar surface area (TPSA) is 86.9 Å². The maximum Gasteiger partial charge on any atom is 0.235 e. The molecule has 9 heteroatoms. The normalized spacial score (nSPS) is 11.6. The van der Waals surface area contributed by atoms with Gasteiger partial charge in [-0.15, -0.1) is 10.2 Å². The highest BCUT2D eigenvalue weighted by Gasteiger charge is 2.18. The van der Waals surface area contributed by atoms with Crippen LogP contribution in [0.15, 0.2) is 16.8 Å². The number of aryl methyl sites for hydroxylation is 2. The van der Waals surface area contributed by atoms with Crippen LogP contribution < -0.4 is 0 Å². The Bertz CT molecular complexity index is 944. The smallest absolute Gasteiger partial charge is 0.235 e. The molecule has 4 heterocycles. The molecule has 0 unspecified atom stereocenters. The second-order valence-electron chi connectivity index (χ2n) is 4.72. The van der Waals surface area contributed by atoms with Crippen LogP contribution in [0, 0.1) is 13.8 Å². The lowest BCUT2D eigenvalue weighted by atomic mass is 10.2. The Kier molecular flexibility index (Phi) is 2.45. The van der Waals surface area contributed by atoms with Gasteiger partial charge in [-0.2, -0.15) is 14.7 Å². The Morgan fingerprint density at radius 2 is 2.10 bits per heavy atom. The van der Waals surface area contributed by atoms with Gasteiger partial charge in [0.15, 0.2) is 10.8 Å². The molecule has 0 bridgehead atoms. The molecule has 0 saturated heterocycles. The first-order chi connectivity index (χ1) is 10.1. The molecule has 21 heavy (non-hydrogen) atoms. The minimum atomic E-state index is 0.679. The van der Waals surface area contributed by atoms with Gasteiger partial charge in [0.1, 0.15) is 11.5 Å². The van der Waals surface area contributed by atoms with E-state index in [9.17, 15) is 0 Å². The molecule has 0 N–H and O–H groups in total. The number of aromatic nitrogens is 7. The van der Waals surface area contributed by atoms with E-state index in [0.29, 0.717) is 16.5 Å². The third-order valence-electron chi connectivity index (χ3n) is 3.31. The number of hydrogen-bond acceptors (Lipinski definition) is 7. The lowest BCUT2D eigenvalue weighted by molar-refractivity contribution is 0.399. The van der Waals surface area contributed by atoms with E-state index < -0.39 is 0 Å². The Morgan fingerprint density at radius 3 is 2.76 bits per heavy atom. The standard InChI is InChI=1S/C12H11N7OS/c1-6-4-9(17-20-6)11-16-19-10(14-15-12(19)21-11)8-5-13-18(3)7(8)2/h4-5H,1-3H3. The second-order valence-corrected chi connectivity index (χ2v) is 5.67. The van der Waals surface area contributed by atoms with Crippen molar-refractivity contribution in [3.8, 4) is 22.1 Å². The van der Waals surface area contributed by atoms with E-state index in [2.05, 4.69) is 25.6 Å². The molecule has 0 radical (unpaired) electrons. The molecular weight excluding hydrogens is 290 g/mol. The zero-order valence-corrected chi connectivity index (χ0v) is 12.4. The van der Waals surface area contributed by atoms with E-state index >= 15 is 0 Å². The lowest BCUT2D eigenvalue weighted by Crippen LogP contribution is -1.95. The fourth-order valence-corrected chi connectivity index (χ4v) is 2.87. The predicted octanol–water partition coefficient (Wildman–Crippen LogP) is 1.86. The van der Waals surface area contributed by atoms with Crippen LogP contribution in [0.2, 0.25) is 0 Å². The van der Waals surface area contributed by atoms with Gasteiger partial charge in [0.05, 0.1) is 11.8 Å². The van der Waals surface area contributed by atoms with Crippen LogP contribution in [0.4, 0.5) is 0 Å². The van der Waals surface area contributed by atoms with Gasteiger partial charge >= 0.3 is 0 Å². The van der Waals surface area contributed by atoms with Crippen LogP contribution in [-0.2, 0) is 7.05 Å². The van der Waals surface area contributed by atoms with Crippen molar-refractivity contribution in [2.45, 2.75) is 13.8 Å². The van der Waals surface area contributed by atoms with Crippen molar-refractivity contribution in [2.75, 3.05) is 0 Å². The van der Waals surface area contributed by atoms with E-state index in [1.807, 2.05) is 27.0 Å². The molecule has 0 fully saturated rings. The third kappa shape index (κ3) is 1.77. The maximum atomic E-state index is 5.09. The van der Waals surface area contributed by atoms with Crippen molar-refractivity contribution in [3.05, 3.63) is 23.7 Å². The molecule has 0 amide bonds. The van der Waals surface area contributed by atoms with Gasteiger partial charge in [-0.25, -0.2) is 0 Å². The molecule has 0 atom stereocenters. The summed E-state index contributed by atoms with van der Waals surface area (Å²) in [7, 11) is 1.89. The Hall–Kier alpha value is -2.55. The Balaban J connectivity index is 1.88. The predicted molar refractivity (Wildman–Crippen MR) is 75.8 cm³/mol. The Morgan fingerprint density at radius 1 is 1.24 bits per heavy atom. The van der Waals surface area contributed by atoms with Crippen molar-refractivity contribution in [1.82, 2.24) is 34.7 Å². The SMILES string of the molecule is Cc1cc(-c2nn3c(-c4cnn(C)c4C)nnc3s2)no1. The summed E-state index contributed by atoms with van der Waals surface area (Å²) in [4.78, 5) is 0.712. The molecule has 8 nitrogen and oxygen atoms in total. The van der Waals surface area contributed by atoms with E-state index in [1.54, 1.807) is 15.4 Å². The van der Waals surface area contributed by atoms with Crippen LogP contribution in [0.3, 0.4) is 0 Å². The molecule has 0 aliphatic rings.